The van der Waals surface area contributed by atoms with Crippen molar-refractivity contribution in [2.75, 3.05) is 5.32 Å². The number of rotatable bonds is 2. The number of nitro groups is 1. The minimum absolute atomic E-state index is 0.143. The molecule has 0 amide bonds. The van der Waals surface area contributed by atoms with Crippen LogP contribution in [0.15, 0.2) is 53.4 Å². The van der Waals surface area contributed by atoms with E-state index in [1.54, 1.807) is 12.1 Å². The third kappa shape index (κ3) is 3.03. The van der Waals surface area contributed by atoms with E-state index in [0.29, 0.717) is 11.3 Å². The lowest BCUT2D eigenvalue weighted by Gasteiger charge is -2.17. The highest BCUT2D eigenvalue weighted by Gasteiger charge is 2.22. The predicted molar refractivity (Wildman–Crippen MR) is 85.8 cm³/mol. The average molecular weight is 300 g/mol. The van der Waals surface area contributed by atoms with Crippen LogP contribution >= 0.6 is 11.8 Å². The molecule has 0 unspecified atom stereocenters. The number of benzene rings is 2. The largest absolute Gasteiger partial charge is 0.382 e. The third-order valence-corrected chi connectivity index (χ3v) is 4.96. The minimum atomic E-state index is -0.358. The maximum absolute atomic E-state index is 10.7. The molecule has 1 heterocycles. The van der Waals surface area contributed by atoms with Gasteiger partial charge in [0.25, 0.3) is 5.69 Å². The molecule has 3 rings (SSSR count). The summed E-state index contributed by atoms with van der Waals surface area (Å²) in [5.41, 5.74) is 2.44. The van der Waals surface area contributed by atoms with Crippen LogP contribution in [0.5, 0.6) is 0 Å². The molecule has 0 saturated carbocycles. The number of fused-ring (bicyclic) bond motifs is 1. The smallest absolute Gasteiger partial charge is 0.269 e. The van der Waals surface area contributed by atoms with Gasteiger partial charge in [-0.05, 0) is 31.0 Å². The van der Waals surface area contributed by atoms with Gasteiger partial charge in [0, 0.05) is 34.0 Å². The first-order valence-corrected chi connectivity index (χ1v) is 7.78. The van der Waals surface area contributed by atoms with Gasteiger partial charge >= 0.3 is 0 Å². The van der Waals surface area contributed by atoms with Crippen molar-refractivity contribution in [1.82, 2.24) is 0 Å². The highest BCUT2D eigenvalue weighted by atomic mass is 32.2. The van der Waals surface area contributed by atoms with E-state index in [1.165, 1.54) is 10.6 Å². The van der Waals surface area contributed by atoms with Crippen LogP contribution in [0.25, 0.3) is 0 Å². The quantitative estimate of drug-likeness (QED) is 0.649. The molecule has 0 fully saturated rings. The Morgan fingerprint density at radius 1 is 1.19 bits per heavy atom. The minimum Gasteiger partial charge on any atom is -0.382 e. The maximum atomic E-state index is 10.7. The summed E-state index contributed by atoms with van der Waals surface area (Å²) in [5, 5.41) is 14.6. The van der Waals surface area contributed by atoms with Crippen LogP contribution in [0, 0.1) is 10.1 Å². The molecule has 21 heavy (non-hydrogen) atoms. The molecule has 0 spiro atoms. The summed E-state index contributed by atoms with van der Waals surface area (Å²) in [7, 11) is 0. The molecule has 2 aromatic carbocycles. The van der Waals surface area contributed by atoms with Crippen molar-refractivity contribution < 1.29 is 4.92 Å². The van der Waals surface area contributed by atoms with Crippen molar-refractivity contribution in [2.24, 2.45) is 0 Å². The fourth-order valence-corrected chi connectivity index (χ4v) is 3.95. The van der Waals surface area contributed by atoms with Gasteiger partial charge in [-0.15, -0.1) is 11.8 Å². The van der Waals surface area contributed by atoms with Crippen LogP contribution < -0.4 is 5.32 Å². The van der Waals surface area contributed by atoms with Crippen LogP contribution in [-0.4, -0.2) is 11.0 Å². The number of nitro benzene ring substituents is 1. The van der Waals surface area contributed by atoms with Crippen LogP contribution in [0.1, 0.15) is 24.2 Å². The van der Waals surface area contributed by atoms with E-state index in [9.17, 15) is 10.1 Å². The van der Waals surface area contributed by atoms with Gasteiger partial charge in [-0.2, -0.15) is 0 Å². The van der Waals surface area contributed by atoms with E-state index >= 15 is 0 Å². The van der Waals surface area contributed by atoms with Crippen LogP contribution in [-0.2, 0) is 0 Å². The highest BCUT2D eigenvalue weighted by Crippen LogP contribution is 2.44. The molecule has 1 N–H and O–H groups in total. The van der Waals surface area contributed by atoms with E-state index in [1.807, 2.05) is 36.0 Å². The van der Waals surface area contributed by atoms with Crippen LogP contribution in [0.2, 0.25) is 0 Å². The van der Waals surface area contributed by atoms with Crippen molar-refractivity contribution in [3.8, 4) is 0 Å². The number of hydrogen-bond donors (Lipinski definition) is 1. The Bertz CT molecular complexity index is 658. The summed E-state index contributed by atoms with van der Waals surface area (Å²) < 4.78 is 0. The van der Waals surface area contributed by atoms with Gasteiger partial charge in [0.1, 0.15) is 0 Å². The SMILES string of the molecule is C[C@@H]1C[C@H](c2ccc([N+](=O)[O-])cc2)Sc2ccccc2N1. The molecule has 1 aliphatic rings. The van der Waals surface area contributed by atoms with Gasteiger partial charge in [-0.3, -0.25) is 10.1 Å². The fourth-order valence-electron chi connectivity index (χ4n) is 2.55. The van der Waals surface area contributed by atoms with Crippen molar-refractivity contribution in [3.05, 3.63) is 64.2 Å². The van der Waals surface area contributed by atoms with Gasteiger partial charge in [0.2, 0.25) is 0 Å². The first kappa shape index (κ1) is 13.9. The number of thioether (sulfide) groups is 1. The molecule has 4 nitrogen and oxygen atoms in total. The Labute approximate surface area is 127 Å². The summed E-state index contributed by atoms with van der Waals surface area (Å²) >= 11 is 1.82. The van der Waals surface area contributed by atoms with E-state index in [4.69, 9.17) is 0 Å². The molecule has 0 bridgehead atoms. The lowest BCUT2D eigenvalue weighted by molar-refractivity contribution is -0.384. The van der Waals surface area contributed by atoms with Gasteiger partial charge in [-0.25, -0.2) is 0 Å². The molecule has 5 heteroatoms. The molecular weight excluding hydrogens is 284 g/mol. The predicted octanol–water partition coefficient (Wildman–Crippen LogP) is 4.63. The fraction of sp³-hybridized carbons (Fsp3) is 0.250. The van der Waals surface area contributed by atoms with Crippen molar-refractivity contribution in [2.45, 2.75) is 29.5 Å². The molecule has 2 atom stereocenters. The van der Waals surface area contributed by atoms with E-state index in [2.05, 4.69) is 24.4 Å². The summed E-state index contributed by atoms with van der Waals surface area (Å²) in [4.78, 5) is 11.6. The topological polar surface area (TPSA) is 55.2 Å². The molecule has 0 saturated heterocycles. The van der Waals surface area contributed by atoms with E-state index < -0.39 is 0 Å². The molecular formula is C16H16N2O2S. The average Bonchev–Trinajstić information content (AvgIpc) is 2.65. The highest BCUT2D eigenvalue weighted by molar-refractivity contribution is 7.99. The zero-order valence-corrected chi connectivity index (χ0v) is 12.5. The normalized spacial score (nSPS) is 21.0. The number of para-hydroxylation sites is 1. The zero-order valence-electron chi connectivity index (χ0n) is 11.7. The summed E-state index contributed by atoms with van der Waals surface area (Å²) in [6.45, 7) is 2.17. The Hall–Kier alpha value is -2.01. The molecule has 2 aromatic rings. The summed E-state index contributed by atoms with van der Waals surface area (Å²) in [6.07, 6.45) is 0.983. The Morgan fingerprint density at radius 2 is 1.90 bits per heavy atom. The summed E-state index contributed by atoms with van der Waals surface area (Å²) in [5.74, 6) is 0. The Kier molecular flexibility index (Phi) is 3.84. The van der Waals surface area contributed by atoms with Gasteiger partial charge in [-0.1, -0.05) is 24.3 Å². The summed E-state index contributed by atoms with van der Waals surface area (Å²) in [6, 6.07) is 15.6. The van der Waals surface area contributed by atoms with Crippen molar-refractivity contribution in [3.63, 3.8) is 0 Å². The zero-order chi connectivity index (χ0) is 14.8. The number of nitrogens with one attached hydrogen (secondary N) is 1. The van der Waals surface area contributed by atoms with E-state index in [-0.39, 0.29) is 10.6 Å². The number of hydrogen-bond acceptors (Lipinski definition) is 4. The molecule has 0 aliphatic carbocycles. The lowest BCUT2D eigenvalue weighted by atomic mass is 10.0. The standard InChI is InChI=1S/C16H16N2O2S/c1-11-10-16(12-6-8-13(9-7-12)18(19)20)21-15-5-3-2-4-14(15)17-11/h2-9,11,16-17H,10H2,1H3/t11-,16-/m1/s1. The van der Waals surface area contributed by atoms with Crippen LogP contribution in [0.3, 0.4) is 0 Å². The second kappa shape index (κ2) is 5.77. The Morgan fingerprint density at radius 3 is 2.62 bits per heavy atom. The van der Waals surface area contributed by atoms with Crippen molar-refractivity contribution in [1.29, 1.82) is 0 Å². The monoisotopic (exact) mass is 300 g/mol. The molecule has 0 radical (unpaired) electrons. The number of non-ortho nitro benzene ring substituents is 1. The second-order valence-corrected chi connectivity index (χ2v) is 6.48. The molecule has 0 aromatic heterocycles. The van der Waals surface area contributed by atoms with Crippen molar-refractivity contribution >= 4 is 23.1 Å². The number of nitrogens with zero attached hydrogens (tertiary/aromatic N) is 1. The third-order valence-electron chi connectivity index (χ3n) is 3.60. The maximum Gasteiger partial charge on any atom is 0.269 e. The molecule has 1 aliphatic heterocycles. The first-order chi connectivity index (χ1) is 10.1. The van der Waals surface area contributed by atoms with Crippen LogP contribution in [0.4, 0.5) is 11.4 Å². The first-order valence-electron chi connectivity index (χ1n) is 6.90. The lowest BCUT2D eigenvalue weighted by Crippen LogP contribution is -2.15. The number of anilines is 1. The van der Waals surface area contributed by atoms with E-state index in [0.717, 1.165) is 12.0 Å². The van der Waals surface area contributed by atoms with Gasteiger partial charge in [0.05, 0.1) is 4.92 Å². The molecule has 108 valence electrons. The Balaban J connectivity index is 1.90. The van der Waals surface area contributed by atoms with Gasteiger partial charge < -0.3 is 5.32 Å². The second-order valence-electron chi connectivity index (χ2n) is 5.23. The van der Waals surface area contributed by atoms with Gasteiger partial charge in [0.15, 0.2) is 0 Å².